The van der Waals surface area contributed by atoms with Gasteiger partial charge in [-0.05, 0) is 69.3 Å². The van der Waals surface area contributed by atoms with E-state index in [9.17, 15) is 14.4 Å². The molecule has 0 unspecified atom stereocenters. The highest BCUT2D eigenvalue weighted by atomic mass is 16.5. The first-order valence-electron chi connectivity index (χ1n) is 9.91. The van der Waals surface area contributed by atoms with Crippen LogP contribution in [0.1, 0.15) is 39.1 Å². The largest absolute Gasteiger partial charge is 0.494 e. The van der Waals surface area contributed by atoms with Crippen LogP contribution in [0.3, 0.4) is 0 Å². The first-order chi connectivity index (χ1) is 15.4. The number of amides is 2. The van der Waals surface area contributed by atoms with Gasteiger partial charge in [-0.3, -0.25) is 9.59 Å². The van der Waals surface area contributed by atoms with Gasteiger partial charge in [0.15, 0.2) is 6.61 Å². The number of nitrogens with zero attached hydrogens (tertiary/aromatic N) is 1. The van der Waals surface area contributed by atoms with Gasteiger partial charge in [0.1, 0.15) is 17.1 Å². The molecule has 2 aromatic carbocycles. The topological polar surface area (TPSA) is 120 Å². The molecule has 0 atom stereocenters. The van der Waals surface area contributed by atoms with Gasteiger partial charge in [-0.1, -0.05) is 5.16 Å². The van der Waals surface area contributed by atoms with Gasteiger partial charge in [0, 0.05) is 16.9 Å². The number of hydrogen-bond donors (Lipinski definition) is 2. The Balaban J connectivity index is 1.50. The number of ether oxygens (including phenoxy) is 2. The lowest BCUT2D eigenvalue weighted by Crippen LogP contribution is -2.21. The van der Waals surface area contributed by atoms with Crippen LogP contribution in [-0.4, -0.2) is 36.2 Å². The lowest BCUT2D eigenvalue weighted by molar-refractivity contribution is -0.119. The first-order valence-corrected chi connectivity index (χ1v) is 9.91. The van der Waals surface area contributed by atoms with Crippen LogP contribution >= 0.6 is 0 Å². The molecule has 0 saturated heterocycles. The van der Waals surface area contributed by atoms with Gasteiger partial charge in [-0.25, -0.2) is 4.79 Å². The fourth-order valence-electron chi connectivity index (χ4n) is 2.88. The van der Waals surface area contributed by atoms with E-state index >= 15 is 0 Å². The fourth-order valence-corrected chi connectivity index (χ4v) is 2.88. The van der Waals surface area contributed by atoms with Gasteiger partial charge < -0.3 is 24.6 Å². The molecule has 166 valence electrons. The Morgan fingerprint density at radius 1 is 0.938 bits per heavy atom. The van der Waals surface area contributed by atoms with Crippen molar-refractivity contribution >= 4 is 29.2 Å². The Morgan fingerprint density at radius 2 is 1.56 bits per heavy atom. The van der Waals surface area contributed by atoms with Crippen LogP contribution in [0.5, 0.6) is 5.75 Å². The Labute approximate surface area is 184 Å². The van der Waals surface area contributed by atoms with Crippen LogP contribution in [0.2, 0.25) is 0 Å². The normalized spacial score (nSPS) is 10.3. The van der Waals surface area contributed by atoms with Crippen molar-refractivity contribution < 1.29 is 28.4 Å². The third-order valence-corrected chi connectivity index (χ3v) is 4.43. The second-order valence-electron chi connectivity index (χ2n) is 6.81. The Kier molecular flexibility index (Phi) is 7.22. The summed E-state index contributed by atoms with van der Waals surface area (Å²) in [5.41, 5.74) is 2.12. The maximum Gasteiger partial charge on any atom is 0.344 e. The van der Waals surface area contributed by atoms with Crippen molar-refractivity contribution in [1.29, 1.82) is 0 Å². The second-order valence-corrected chi connectivity index (χ2v) is 6.81. The number of benzene rings is 2. The molecule has 2 N–H and O–H groups in total. The number of aromatic nitrogens is 1. The van der Waals surface area contributed by atoms with Crippen molar-refractivity contribution in [2.45, 2.75) is 20.8 Å². The molecule has 0 bridgehead atoms. The molecule has 0 saturated carbocycles. The predicted molar refractivity (Wildman–Crippen MR) is 117 cm³/mol. The van der Waals surface area contributed by atoms with Gasteiger partial charge in [0.2, 0.25) is 0 Å². The zero-order valence-electron chi connectivity index (χ0n) is 17.9. The van der Waals surface area contributed by atoms with E-state index in [0.29, 0.717) is 35.0 Å². The molecule has 3 rings (SSSR count). The summed E-state index contributed by atoms with van der Waals surface area (Å²) in [6.07, 6.45) is 0. The smallest absolute Gasteiger partial charge is 0.344 e. The predicted octanol–water partition coefficient (Wildman–Crippen LogP) is 3.74. The minimum Gasteiger partial charge on any atom is -0.494 e. The van der Waals surface area contributed by atoms with Crippen LogP contribution in [0.15, 0.2) is 53.1 Å². The highest BCUT2D eigenvalue weighted by molar-refractivity contribution is 6.04. The summed E-state index contributed by atoms with van der Waals surface area (Å²) in [7, 11) is 0. The average Bonchev–Trinajstić information content (AvgIpc) is 3.12. The summed E-state index contributed by atoms with van der Waals surface area (Å²) < 4.78 is 15.3. The van der Waals surface area contributed by atoms with E-state index in [2.05, 4.69) is 15.8 Å². The molecule has 3 aromatic rings. The Bertz CT molecular complexity index is 1080. The number of carbonyl (C=O) groups is 3. The van der Waals surface area contributed by atoms with Gasteiger partial charge in [-0.2, -0.15) is 0 Å². The Morgan fingerprint density at radius 3 is 2.16 bits per heavy atom. The van der Waals surface area contributed by atoms with Gasteiger partial charge >= 0.3 is 5.97 Å². The van der Waals surface area contributed by atoms with E-state index < -0.39 is 18.5 Å². The third-order valence-electron chi connectivity index (χ3n) is 4.43. The lowest BCUT2D eigenvalue weighted by atomic mass is 10.2. The third kappa shape index (κ3) is 5.72. The van der Waals surface area contributed by atoms with Gasteiger partial charge in [0.25, 0.3) is 11.8 Å². The summed E-state index contributed by atoms with van der Waals surface area (Å²) >= 11 is 0. The van der Waals surface area contributed by atoms with E-state index in [1.807, 2.05) is 6.92 Å². The van der Waals surface area contributed by atoms with E-state index in [0.717, 1.165) is 5.75 Å². The van der Waals surface area contributed by atoms with Gasteiger partial charge in [-0.15, -0.1) is 0 Å². The maximum absolute atomic E-state index is 12.4. The quantitative estimate of drug-likeness (QED) is 0.515. The van der Waals surface area contributed by atoms with Crippen molar-refractivity contribution in [2.24, 2.45) is 0 Å². The van der Waals surface area contributed by atoms with Crippen LogP contribution in [0.25, 0.3) is 0 Å². The molecule has 1 aromatic heterocycles. The molecule has 9 heteroatoms. The monoisotopic (exact) mass is 437 g/mol. The summed E-state index contributed by atoms with van der Waals surface area (Å²) in [6, 6.07) is 13.4. The van der Waals surface area contributed by atoms with Crippen LogP contribution in [-0.2, 0) is 9.53 Å². The standard InChI is InChI=1S/C23H23N3O6/c1-4-30-19-11-9-18(10-12-19)25-22(28)16-5-7-17(8-6-16)24-20(27)13-31-23(29)21-14(2)26-32-15(21)3/h5-12H,4,13H2,1-3H3,(H,24,27)(H,25,28). The summed E-state index contributed by atoms with van der Waals surface area (Å²) in [6.45, 7) is 5.20. The molecule has 0 fully saturated rings. The van der Waals surface area contributed by atoms with E-state index in [-0.39, 0.29) is 11.5 Å². The number of carbonyl (C=O) groups excluding carboxylic acids is 3. The van der Waals surface area contributed by atoms with E-state index in [1.165, 1.54) is 0 Å². The molecule has 32 heavy (non-hydrogen) atoms. The maximum atomic E-state index is 12.4. The summed E-state index contributed by atoms with van der Waals surface area (Å²) in [4.78, 5) is 36.5. The number of aryl methyl sites for hydroxylation is 2. The lowest BCUT2D eigenvalue weighted by Gasteiger charge is -2.09. The average molecular weight is 437 g/mol. The minimum atomic E-state index is -0.683. The summed E-state index contributed by atoms with van der Waals surface area (Å²) in [5.74, 6) is -0.440. The highest BCUT2D eigenvalue weighted by Gasteiger charge is 2.20. The van der Waals surface area contributed by atoms with Crippen molar-refractivity contribution in [3.63, 3.8) is 0 Å². The number of anilines is 2. The van der Waals surface area contributed by atoms with Crippen LogP contribution in [0, 0.1) is 13.8 Å². The van der Waals surface area contributed by atoms with Gasteiger partial charge in [0.05, 0.1) is 12.3 Å². The van der Waals surface area contributed by atoms with Crippen molar-refractivity contribution in [2.75, 3.05) is 23.8 Å². The zero-order chi connectivity index (χ0) is 23.1. The molecule has 0 spiro atoms. The van der Waals surface area contributed by atoms with Crippen LogP contribution in [0.4, 0.5) is 11.4 Å². The van der Waals surface area contributed by atoms with Crippen molar-refractivity contribution in [3.05, 3.63) is 71.1 Å². The number of hydrogen-bond acceptors (Lipinski definition) is 7. The van der Waals surface area contributed by atoms with Crippen LogP contribution < -0.4 is 15.4 Å². The molecule has 9 nitrogen and oxygen atoms in total. The van der Waals surface area contributed by atoms with E-state index in [1.54, 1.807) is 62.4 Å². The Hall–Kier alpha value is -4.14. The SMILES string of the molecule is CCOc1ccc(NC(=O)c2ccc(NC(=O)COC(=O)c3c(C)noc3C)cc2)cc1. The molecule has 0 radical (unpaired) electrons. The molecular formula is C23H23N3O6. The zero-order valence-corrected chi connectivity index (χ0v) is 17.9. The number of nitrogens with one attached hydrogen (secondary N) is 2. The molecule has 0 aliphatic heterocycles. The minimum absolute atomic E-state index is 0.209. The van der Waals surface area contributed by atoms with Crippen molar-refractivity contribution in [3.8, 4) is 5.75 Å². The second kappa shape index (κ2) is 10.3. The fraction of sp³-hybridized carbons (Fsp3) is 0.217. The molecular weight excluding hydrogens is 414 g/mol. The van der Waals surface area contributed by atoms with E-state index in [4.69, 9.17) is 14.0 Å². The number of rotatable bonds is 8. The highest BCUT2D eigenvalue weighted by Crippen LogP contribution is 2.17. The van der Waals surface area contributed by atoms with Crippen molar-refractivity contribution in [1.82, 2.24) is 5.16 Å². The molecule has 1 heterocycles. The summed E-state index contributed by atoms with van der Waals surface area (Å²) in [5, 5.41) is 9.07. The molecule has 2 amide bonds. The first kappa shape index (κ1) is 22.5. The molecule has 0 aliphatic rings. The number of esters is 1. The molecule has 0 aliphatic carbocycles.